The fourth-order valence-electron chi connectivity index (χ4n) is 2.27. The second kappa shape index (κ2) is 8.76. The lowest BCUT2D eigenvalue weighted by atomic mass is 10.1. The molecule has 1 unspecified atom stereocenters. The number of esters is 1. The van der Waals surface area contributed by atoms with Gasteiger partial charge < -0.3 is 10.1 Å². The fourth-order valence-corrected chi connectivity index (χ4v) is 2.79. The van der Waals surface area contributed by atoms with E-state index in [1.165, 1.54) is 17.7 Å². The summed E-state index contributed by atoms with van der Waals surface area (Å²) in [6.45, 7) is 3.53. The summed E-state index contributed by atoms with van der Waals surface area (Å²) in [6, 6.07) is 11.4. The van der Waals surface area contributed by atoms with Gasteiger partial charge in [-0.05, 0) is 58.6 Å². The monoisotopic (exact) mass is 407 g/mol. The highest BCUT2D eigenvalue weighted by Gasteiger charge is 2.15. The Hall–Kier alpha value is -2.21. The average Bonchev–Trinajstić information content (AvgIpc) is 2.59. The van der Waals surface area contributed by atoms with E-state index in [9.17, 15) is 14.0 Å². The summed E-state index contributed by atoms with van der Waals surface area (Å²) in [4.78, 5) is 23.9. The molecule has 25 heavy (non-hydrogen) atoms. The van der Waals surface area contributed by atoms with Gasteiger partial charge in [0.1, 0.15) is 5.82 Å². The molecular weight excluding hydrogens is 389 g/mol. The van der Waals surface area contributed by atoms with Gasteiger partial charge in [0, 0.05) is 4.47 Å². The molecule has 2 aromatic rings. The van der Waals surface area contributed by atoms with Crippen molar-refractivity contribution in [2.24, 2.45) is 0 Å². The van der Waals surface area contributed by atoms with Crippen LogP contribution in [0.3, 0.4) is 0 Å². The molecular formula is C19H19BrFNO3. The Bertz CT molecular complexity index is 762. The van der Waals surface area contributed by atoms with Crippen LogP contribution in [-0.2, 0) is 16.0 Å². The number of nitrogens with one attached hydrogen (secondary N) is 1. The minimum atomic E-state index is -0.693. The summed E-state index contributed by atoms with van der Waals surface area (Å²) in [5.74, 6) is -1.57. The van der Waals surface area contributed by atoms with Gasteiger partial charge in [0.2, 0.25) is 0 Å². The van der Waals surface area contributed by atoms with E-state index in [-0.39, 0.29) is 16.1 Å². The van der Waals surface area contributed by atoms with Gasteiger partial charge in [-0.25, -0.2) is 9.18 Å². The fraction of sp³-hybridized carbons (Fsp3) is 0.263. The maximum Gasteiger partial charge on any atom is 0.339 e. The lowest BCUT2D eigenvalue weighted by Gasteiger charge is -2.15. The molecule has 2 aromatic carbocycles. The van der Waals surface area contributed by atoms with Gasteiger partial charge >= 0.3 is 5.97 Å². The summed E-state index contributed by atoms with van der Waals surface area (Å²) < 4.78 is 18.3. The Morgan fingerprint density at radius 3 is 2.48 bits per heavy atom. The Labute approximate surface area is 154 Å². The van der Waals surface area contributed by atoms with Crippen LogP contribution in [0.2, 0.25) is 0 Å². The van der Waals surface area contributed by atoms with Gasteiger partial charge in [-0.2, -0.15) is 0 Å². The Morgan fingerprint density at radius 1 is 1.20 bits per heavy atom. The maximum absolute atomic E-state index is 13.0. The van der Waals surface area contributed by atoms with Crippen molar-refractivity contribution in [2.75, 3.05) is 6.61 Å². The topological polar surface area (TPSA) is 55.4 Å². The van der Waals surface area contributed by atoms with E-state index >= 15 is 0 Å². The third-order valence-corrected chi connectivity index (χ3v) is 4.41. The molecule has 6 heteroatoms. The van der Waals surface area contributed by atoms with Crippen molar-refractivity contribution in [3.05, 3.63) is 69.4 Å². The molecule has 1 N–H and O–H groups in total. The standard InChI is InChI=1S/C19H19BrFNO3/c1-3-13-4-6-14(7-5-13)12(2)22-18(23)11-25-19(24)16-9-8-15(21)10-17(16)20/h4-10,12H,3,11H2,1-2H3,(H,22,23). The van der Waals surface area contributed by atoms with Crippen molar-refractivity contribution in [1.82, 2.24) is 5.32 Å². The van der Waals surface area contributed by atoms with Crippen molar-refractivity contribution in [3.63, 3.8) is 0 Å². The summed E-state index contributed by atoms with van der Waals surface area (Å²) in [6.07, 6.45) is 0.954. The molecule has 0 aromatic heterocycles. The molecule has 0 aliphatic rings. The highest BCUT2D eigenvalue weighted by atomic mass is 79.9. The number of hydrogen-bond acceptors (Lipinski definition) is 3. The molecule has 0 saturated heterocycles. The zero-order valence-electron chi connectivity index (χ0n) is 14.0. The van der Waals surface area contributed by atoms with Crippen molar-refractivity contribution in [2.45, 2.75) is 26.3 Å². The molecule has 1 amide bonds. The van der Waals surface area contributed by atoms with Gasteiger partial charge in [0.25, 0.3) is 5.91 Å². The van der Waals surface area contributed by atoms with E-state index in [1.54, 1.807) is 0 Å². The first-order valence-corrected chi connectivity index (χ1v) is 8.70. The average molecular weight is 408 g/mol. The van der Waals surface area contributed by atoms with Gasteiger partial charge in [-0.3, -0.25) is 4.79 Å². The molecule has 132 valence electrons. The number of carbonyl (C=O) groups is 2. The predicted octanol–water partition coefficient (Wildman–Crippen LogP) is 4.18. The molecule has 1 atom stereocenters. The first-order chi connectivity index (χ1) is 11.9. The number of hydrogen-bond donors (Lipinski definition) is 1. The predicted molar refractivity (Wildman–Crippen MR) is 96.8 cm³/mol. The number of carbonyl (C=O) groups excluding carboxylic acids is 2. The van der Waals surface area contributed by atoms with Crippen LogP contribution in [0.1, 0.15) is 41.4 Å². The largest absolute Gasteiger partial charge is 0.452 e. The van der Waals surface area contributed by atoms with Gasteiger partial charge in [-0.1, -0.05) is 31.2 Å². The molecule has 0 aliphatic carbocycles. The minimum absolute atomic E-state index is 0.164. The molecule has 0 fully saturated rings. The number of aryl methyl sites for hydroxylation is 1. The summed E-state index contributed by atoms with van der Waals surface area (Å²) >= 11 is 3.10. The van der Waals surface area contributed by atoms with E-state index in [1.807, 2.05) is 31.2 Å². The number of rotatable bonds is 6. The quantitative estimate of drug-likeness (QED) is 0.730. The second-order valence-electron chi connectivity index (χ2n) is 5.58. The lowest BCUT2D eigenvalue weighted by Crippen LogP contribution is -2.31. The van der Waals surface area contributed by atoms with Crippen LogP contribution in [-0.4, -0.2) is 18.5 Å². The number of halogens is 2. The molecule has 0 saturated carbocycles. The zero-order valence-corrected chi connectivity index (χ0v) is 15.6. The molecule has 0 aliphatic heterocycles. The van der Waals surface area contributed by atoms with E-state index in [0.29, 0.717) is 0 Å². The van der Waals surface area contributed by atoms with Gasteiger partial charge in [0.15, 0.2) is 6.61 Å². The van der Waals surface area contributed by atoms with Crippen molar-refractivity contribution >= 4 is 27.8 Å². The normalized spacial score (nSPS) is 11.7. The molecule has 4 nitrogen and oxygen atoms in total. The third kappa shape index (κ3) is 5.39. The number of ether oxygens (including phenoxy) is 1. The Balaban J connectivity index is 1.87. The lowest BCUT2D eigenvalue weighted by molar-refractivity contribution is -0.124. The highest BCUT2D eigenvalue weighted by Crippen LogP contribution is 2.19. The second-order valence-corrected chi connectivity index (χ2v) is 6.44. The number of amides is 1. The van der Waals surface area contributed by atoms with Gasteiger partial charge in [-0.15, -0.1) is 0 Å². The Kier molecular flexibility index (Phi) is 6.70. The van der Waals surface area contributed by atoms with Crippen LogP contribution in [0.4, 0.5) is 4.39 Å². The summed E-state index contributed by atoms with van der Waals surface area (Å²) in [7, 11) is 0. The van der Waals surface area contributed by atoms with Crippen LogP contribution >= 0.6 is 15.9 Å². The van der Waals surface area contributed by atoms with Gasteiger partial charge in [0.05, 0.1) is 11.6 Å². The third-order valence-electron chi connectivity index (χ3n) is 3.75. The molecule has 0 bridgehead atoms. The zero-order chi connectivity index (χ0) is 18.4. The van der Waals surface area contributed by atoms with E-state index in [0.717, 1.165) is 18.1 Å². The Morgan fingerprint density at radius 2 is 1.88 bits per heavy atom. The first-order valence-electron chi connectivity index (χ1n) is 7.91. The SMILES string of the molecule is CCc1ccc(C(C)NC(=O)COC(=O)c2ccc(F)cc2Br)cc1. The van der Waals surface area contributed by atoms with E-state index < -0.39 is 24.3 Å². The summed E-state index contributed by atoms with van der Waals surface area (Å²) in [5, 5.41) is 2.78. The highest BCUT2D eigenvalue weighted by molar-refractivity contribution is 9.10. The van der Waals surface area contributed by atoms with Crippen LogP contribution in [0.5, 0.6) is 0 Å². The molecule has 2 rings (SSSR count). The summed E-state index contributed by atoms with van der Waals surface area (Å²) in [5.41, 5.74) is 2.36. The van der Waals surface area contributed by atoms with Crippen LogP contribution in [0, 0.1) is 5.82 Å². The number of benzene rings is 2. The van der Waals surface area contributed by atoms with E-state index in [4.69, 9.17) is 4.74 Å². The van der Waals surface area contributed by atoms with Crippen molar-refractivity contribution in [3.8, 4) is 0 Å². The molecule has 0 heterocycles. The van der Waals surface area contributed by atoms with Crippen molar-refractivity contribution in [1.29, 1.82) is 0 Å². The van der Waals surface area contributed by atoms with E-state index in [2.05, 4.69) is 28.2 Å². The van der Waals surface area contributed by atoms with Crippen LogP contribution in [0.15, 0.2) is 46.9 Å². The smallest absolute Gasteiger partial charge is 0.339 e. The van der Waals surface area contributed by atoms with Crippen LogP contribution in [0.25, 0.3) is 0 Å². The maximum atomic E-state index is 13.0. The van der Waals surface area contributed by atoms with Crippen LogP contribution < -0.4 is 5.32 Å². The molecule has 0 radical (unpaired) electrons. The molecule has 0 spiro atoms. The van der Waals surface area contributed by atoms with Crippen molar-refractivity contribution < 1.29 is 18.7 Å². The first kappa shape index (κ1) is 19.1. The minimum Gasteiger partial charge on any atom is -0.452 e.